The lowest BCUT2D eigenvalue weighted by Crippen LogP contribution is -2.34. The highest BCUT2D eigenvalue weighted by Crippen LogP contribution is 2.08. The molecule has 0 aromatic carbocycles. The van der Waals surface area contributed by atoms with E-state index in [2.05, 4.69) is 25.8 Å². The summed E-state index contributed by atoms with van der Waals surface area (Å²) in [6, 6.07) is 3.63. The van der Waals surface area contributed by atoms with E-state index in [1.165, 1.54) is 0 Å². The van der Waals surface area contributed by atoms with Crippen molar-refractivity contribution in [3.63, 3.8) is 0 Å². The van der Waals surface area contributed by atoms with Crippen LogP contribution in [0, 0.1) is 6.92 Å². The molecular formula is C13H18N6O2. The Labute approximate surface area is 122 Å². The Kier molecular flexibility index (Phi) is 5.19. The van der Waals surface area contributed by atoms with E-state index < -0.39 is 0 Å². The van der Waals surface area contributed by atoms with Crippen LogP contribution in [0.4, 0.5) is 0 Å². The van der Waals surface area contributed by atoms with E-state index in [0.717, 1.165) is 0 Å². The monoisotopic (exact) mass is 290 g/mol. The number of carbonyl (C=O) groups excluding carboxylic acids is 1. The zero-order chi connectivity index (χ0) is 15.1. The molecule has 0 aliphatic carbocycles. The minimum atomic E-state index is -0.132. The van der Waals surface area contributed by atoms with Gasteiger partial charge in [-0.05, 0) is 36.4 Å². The minimum Gasteiger partial charge on any atom is -0.487 e. The van der Waals surface area contributed by atoms with Crippen LogP contribution in [0.3, 0.4) is 0 Å². The molecule has 2 aromatic heterocycles. The SMILES string of the molecule is Cc1nnnn1CCC(=O)NCC(C)Oc1cccnc1. The van der Waals surface area contributed by atoms with E-state index in [9.17, 15) is 4.79 Å². The summed E-state index contributed by atoms with van der Waals surface area (Å²) in [4.78, 5) is 15.7. The number of nitrogens with zero attached hydrogens (tertiary/aromatic N) is 5. The van der Waals surface area contributed by atoms with Crippen LogP contribution in [0.25, 0.3) is 0 Å². The molecule has 0 fully saturated rings. The number of aryl methyl sites for hydroxylation is 2. The molecule has 2 rings (SSSR count). The lowest BCUT2D eigenvalue weighted by molar-refractivity contribution is -0.121. The highest BCUT2D eigenvalue weighted by atomic mass is 16.5. The summed E-state index contributed by atoms with van der Waals surface area (Å²) in [5, 5.41) is 13.9. The molecule has 0 bridgehead atoms. The summed E-state index contributed by atoms with van der Waals surface area (Å²) in [7, 11) is 0. The number of rotatable bonds is 7. The van der Waals surface area contributed by atoms with Crippen LogP contribution in [0.2, 0.25) is 0 Å². The van der Waals surface area contributed by atoms with Crippen molar-refractivity contribution in [2.24, 2.45) is 0 Å². The molecule has 21 heavy (non-hydrogen) atoms. The van der Waals surface area contributed by atoms with Gasteiger partial charge in [0, 0.05) is 12.6 Å². The fraction of sp³-hybridized carbons (Fsp3) is 0.462. The standard InChI is InChI=1S/C13H18N6O2/c1-10(21-12-4-3-6-14-9-12)8-15-13(20)5-7-19-11(2)16-17-18-19/h3-4,6,9-10H,5,7-8H2,1-2H3,(H,15,20). The van der Waals surface area contributed by atoms with Gasteiger partial charge in [-0.15, -0.1) is 5.10 Å². The maximum atomic E-state index is 11.7. The predicted octanol–water partition coefficient (Wildman–Crippen LogP) is 0.350. The van der Waals surface area contributed by atoms with Gasteiger partial charge >= 0.3 is 0 Å². The van der Waals surface area contributed by atoms with Crippen LogP contribution in [-0.4, -0.2) is 43.7 Å². The van der Waals surface area contributed by atoms with Gasteiger partial charge in [-0.3, -0.25) is 9.78 Å². The number of aromatic nitrogens is 5. The molecule has 0 radical (unpaired) electrons. The third-order valence-electron chi connectivity index (χ3n) is 2.82. The highest BCUT2D eigenvalue weighted by Gasteiger charge is 2.08. The summed E-state index contributed by atoms with van der Waals surface area (Å²) in [5.74, 6) is 1.31. The molecule has 8 nitrogen and oxygen atoms in total. The quantitative estimate of drug-likeness (QED) is 0.790. The van der Waals surface area contributed by atoms with Crippen molar-refractivity contribution in [1.29, 1.82) is 0 Å². The van der Waals surface area contributed by atoms with Gasteiger partial charge in [0.25, 0.3) is 0 Å². The average molecular weight is 290 g/mol. The Hall–Kier alpha value is -2.51. The maximum Gasteiger partial charge on any atom is 0.221 e. The molecule has 8 heteroatoms. The molecule has 0 spiro atoms. The molecule has 0 saturated heterocycles. The van der Waals surface area contributed by atoms with Gasteiger partial charge in [0.2, 0.25) is 5.91 Å². The van der Waals surface area contributed by atoms with E-state index in [4.69, 9.17) is 4.74 Å². The van der Waals surface area contributed by atoms with Crippen molar-refractivity contribution in [2.45, 2.75) is 32.9 Å². The van der Waals surface area contributed by atoms with Crippen molar-refractivity contribution >= 4 is 5.91 Å². The van der Waals surface area contributed by atoms with Gasteiger partial charge in [0.1, 0.15) is 17.7 Å². The third kappa shape index (κ3) is 4.83. The molecule has 0 aliphatic heterocycles. The first-order valence-electron chi connectivity index (χ1n) is 6.71. The van der Waals surface area contributed by atoms with Gasteiger partial charge in [-0.25, -0.2) is 4.68 Å². The zero-order valence-corrected chi connectivity index (χ0v) is 12.1. The Morgan fingerprint density at radius 1 is 1.52 bits per heavy atom. The minimum absolute atomic E-state index is 0.0634. The second-order valence-electron chi connectivity index (χ2n) is 4.62. The van der Waals surface area contributed by atoms with Crippen LogP contribution in [0.1, 0.15) is 19.2 Å². The first kappa shape index (κ1) is 14.9. The Bertz CT molecular complexity index is 571. The van der Waals surface area contributed by atoms with Gasteiger partial charge < -0.3 is 10.1 Å². The van der Waals surface area contributed by atoms with E-state index in [0.29, 0.717) is 31.1 Å². The van der Waals surface area contributed by atoms with E-state index in [-0.39, 0.29) is 12.0 Å². The lowest BCUT2D eigenvalue weighted by atomic mass is 10.3. The number of amides is 1. The first-order chi connectivity index (χ1) is 10.1. The smallest absolute Gasteiger partial charge is 0.221 e. The van der Waals surface area contributed by atoms with Crippen molar-refractivity contribution in [1.82, 2.24) is 30.5 Å². The molecular weight excluding hydrogens is 272 g/mol. The second kappa shape index (κ2) is 7.32. The summed E-state index contributed by atoms with van der Waals surface area (Å²) in [6.45, 7) is 4.57. The van der Waals surface area contributed by atoms with Crippen molar-refractivity contribution in [2.75, 3.05) is 6.54 Å². The molecule has 2 aromatic rings. The molecule has 0 aliphatic rings. The summed E-state index contributed by atoms with van der Waals surface area (Å²) in [6.07, 6.45) is 3.51. The summed E-state index contributed by atoms with van der Waals surface area (Å²) < 4.78 is 7.21. The molecule has 1 unspecified atom stereocenters. The Morgan fingerprint density at radius 2 is 2.38 bits per heavy atom. The molecule has 1 N–H and O–H groups in total. The topological polar surface area (TPSA) is 94.8 Å². The van der Waals surface area contributed by atoms with E-state index >= 15 is 0 Å². The third-order valence-corrected chi connectivity index (χ3v) is 2.82. The molecule has 0 saturated carbocycles. The van der Waals surface area contributed by atoms with Gasteiger partial charge in [-0.1, -0.05) is 0 Å². The number of carbonyl (C=O) groups is 1. The van der Waals surface area contributed by atoms with Crippen molar-refractivity contribution in [3.05, 3.63) is 30.4 Å². The van der Waals surface area contributed by atoms with E-state index in [1.807, 2.05) is 13.0 Å². The fourth-order valence-corrected chi connectivity index (χ4v) is 1.70. The van der Waals surface area contributed by atoms with Gasteiger partial charge in [-0.2, -0.15) is 0 Å². The molecule has 2 heterocycles. The van der Waals surface area contributed by atoms with Crippen LogP contribution in [0.5, 0.6) is 5.75 Å². The van der Waals surface area contributed by atoms with Crippen LogP contribution < -0.4 is 10.1 Å². The summed E-state index contributed by atoms with van der Waals surface area (Å²) in [5.41, 5.74) is 0. The Balaban J connectivity index is 1.68. The normalized spacial score (nSPS) is 11.9. The average Bonchev–Trinajstić information content (AvgIpc) is 2.89. The van der Waals surface area contributed by atoms with Crippen molar-refractivity contribution < 1.29 is 9.53 Å². The van der Waals surface area contributed by atoms with Gasteiger partial charge in [0.15, 0.2) is 0 Å². The molecule has 1 amide bonds. The van der Waals surface area contributed by atoms with Crippen LogP contribution in [0.15, 0.2) is 24.5 Å². The molecule has 1 atom stereocenters. The fourth-order valence-electron chi connectivity index (χ4n) is 1.70. The Morgan fingerprint density at radius 3 is 3.05 bits per heavy atom. The number of nitrogens with one attached hydrogen (secondary N) is 1. The molecule has 112 valence electrons. The van der Waals surface area contributed by atoms with Crippen LogP contribution >= 0.6 is 0 Å². The zero-order valence-electron chi connectivity index (χ0n) is 12.1. The number of ether oxygens (including phenoxy) is 1. The number of hydrogen-bond acceptors (Lipinski definition) is 6. The number of pyridine rings is 1. The van der Waals surface area contributed by atoms with Crippen molar-refractivity contribution in [3.8, 4) is 5.75 Å². The lowest BCUT2D eigenvalue weighted by Gasteiger charge is -2.15. The van der Waals surface area contributed by atoms with E-state index in [1.54, 1.807) is 30.1 Å². The second-order valence-corrected chi connectivity index (χ2v) is 4.62. The van der Waals surface area contributed by atoms with Crippen LogP contribution in [-0.2, 0) is 11.3 Å². The summed E-state index contributed by atoms with van der Waals surface area (Å²) >= 11 is 0. The highest BCUT2D eigenvalue weighted by molar-refractivity contribution is 5.75. The largest absolute Gasteiger partial charge is 0.487 e. The maximum absolute atomic E-state index is 11.7. The predicted molar refractivity (Wildman–Crippen MR) is 74.5 cm³/mol. The number of tetrazole rings is 1. The number of hydrogen-bond donors (Lipinski definition) is 1. The first-order valence-corrected chi connectivity index (χ1v) is 6.71. The van der Waals surface area contributed by atoms with Gasteiger partial charge in [0.05, 0.1) is 19.3 Å².